The van der Waals surface area contributed by atoms with Gasteiger partial charge >= 0.3 is 0 Å². The standard InChI is InChI=1S/C18H17FO.C4H10.C2H6.CH5N/c1-18(19)11-16-10-15(8-9-17(16)20-18)14-6-4-13(5-7-14)12-2-3-12;1-4(2)3;2*1-2/h4-10,12H,2-3,11H2,1H3;4H,1-3H3;1-2H3;2H2,1H3. The first-order valence-electron chi connectivity index (χ1n) is 10.5. The molecular weight excluding hydrogens is 349 g/mol. The van der Waals surface area contributed by atoms with Crippen LogP contribution >= 0.6 is 0 Å². The van der Waals surface area contributed by atoms with E-state index in [9.17, 15) is 4.39 Å². The maximum absolute atomic E-state index is 13.9. The smallest absolute Gasteiger partial charge is 0.249 e. The molecule has 1 saturated carbocycles. The topological polar surface area (TPSA) is 35.2 Å². The Balaban J connectivity index is 0.000000431. The third-order valence-electron chi connectivity index (χ3n) is 4.18. The Kier molecular flexibility index (Phi) is 9.68. The van der Waals surface area contributed by atoms with Gasteiger partial charge < -0.3 is 10.5 Å². The van der Waals surface area contributed by atoms with E-state index in [4.69, 9.17) is 4.74 Å². The van der Waals surface area contributed by atoms with Crippen LogP contribution < -0.4 is 10.5 Å². The first-order chi connectivity index (χ1) is 13.3. The lowest BCUT2D eigenvalue weighted by atomic mass is 9.99. The Hall–Kier alpha value is -1.87. The second-order valence-electron chi connectivity index (χ2n) is 7.83. The minimum absolute atomic E-state index is 0.330. The fraction of sp³-hybridized carbons (Fsp3) is 0.520. The van der Waals surface area contributed by atoms with Gasteiger partial charge in [-0.2, -0.15) is 4.39 Å². The Morgan fingerprint density at radius 2 is 1.46 bits per heavy atom. The van der Waals surface area contributed by atoms with E-state index >= 15 is 0 Å². The Morgan fingerprint density at radius 3 is 1.96 bits per heavy atom. The Morgan fingerprint density at radius 1 is 0.964 bits per heavy atom. The van der Waals surface area contributed by atoms with E-state index < -0.39 is 5.85 Å². The molecule has 0 saturated heterocycles. The molecule has 2 N–H and O–H groups in total. The monoisotopic (exact) mass is 387 g/mol. The van der Waals surface area contributed by atoms with Crippen molar-refractivity contribution in [2.45, 2.75) is 72.6 Å². The molecule has 2 nitrogen and oxygen atoms in total. The molecule has 4 rings (SSSR count). The van der Waals surface area contributed by atoms with Crippen LogP contribution in [-0.4, -0.2) is 12.9 Å². The van der Waals surface area contributed by atoms with Crippen LogP contribution in [-0.2, 0) is 6.42 Å². The number of hydrogen-bond acceptors (Lipinski definition) is 2. The van der Waals surface area contributed by atoms with Crippen molar-refractivity contribution >= 4 is 0 Å². The summed E-state index contributed by atoms with van der Waals surface area (Å²) in [6.45, 7) is 12.0. The van der Waals surface area contributed by atoms with Crippen LogP contribution in [0.3, 0.4) is 0 Å². The predicted octanol–water partition coefficient (Wildman–Crippen LogP) is 7.12. The molecule has 1 fully saturated rings. The summed E-state index contributed by atoms with van der Waals surface area (Å²) in [6.07, 6.45) is 2.98. The number of rotatable bonds is 2. The summed E-state index contributed by atoms with van der Waals surface area (Å²) in [5, 5.41) is 0. The van der Waals surface area contributed by atoms with E-state index in [1.165, 1.54) is 37.9 Å². The molecule has 28 heavy (non-hydrogen) atoms. The van der Waals surface area contributed by atoms with Gasteiger partial charge in [-0.25, -0.2) is 0 Å². The average Bonchev–Trinajstić information content (AvgIpc) is 3.46. The SMILES string of the molecule is CC.CC(C)C.CC1(F)Cc2cc(-c3ccc(C4CC4)cc3)ccc2O1.CN. The van der Waals surface area contributed by atoms with Gasteiger partial charge in [0, 0.05) is 18.9 Å². The van der Waals surface area contributed by atoms with E-state index in [0.29, 0.717) is 12.2 Å². The summed E-state index contributed by atoms with van der Waals surface area (Å²) < 4.78 is 19.1. The summed E-state index contributed by atoms with van der Waals surface area (Å²) in [5.74, 6) is 0.731. The van der Waals surface area contributed by atoms with Gasteiger partial charge in [-0.15, -0.1) is 0 Å². The third-order valence-corrected chi connectivity index (χ3v) is 4.18. The number of ether oxygens (including phenoxy) is 1. The molecule has 2 aromatic rings. The fourth-order valence-electron chi connectivity index (χ4n) is 2.97. The van der Waals surface area contributed by atoms with Crippen molar-refractivity contribution in [3.05, 3.63) is 53.6 Å². The van der Waals surface area contributed by atoms with E-state index in [1.807, 2.05) is 32.0 Å². The summed E-state index contributed by atoms with van der Waals surface area (Å²) in [7, 11) is 1.50. The molecule has 156 valence electrons. The van der Waals surface area contributed by atoms with Crippen LogP contribution in [0.4, 0.5) is 4.39 Å². The number of nitrogens with two attached hydrogens (primary N) is 1. The Bertz CT molecular complexity index is 700. The van der Waals surface area contributed by atoms with Crippen molar-refractivity contribution in [1.82, 2.24) is 0 Å². The van der Waals surface area contributed by atoms with Crippen molar-refractivity contribution in [3.8, 4) is 16.9 Å². The maximum Gasteiger partial charge on any atom is 0.249 e. The van der Waals surface area contributed by atoms with E-state index in [-0.39, 0.29) is 0 Å². The lowest BCUT2D eigenvalue weighted by Gasteiger charge is -2.11. The van der Waals surface area contributed by atoms with Gasteiger partial charge in [0.1, 0.15) is 5.75 Å². The summed E-state index contributed by atoms with van der Waals surface area (Å²) >= 11 is 0. The van der Waals surface area contributed by atoms with Crippen molar-refractivity contribution in [2.75, 3.05) is 7.05 Å². The quantitative estimate of drug-likeness (QED) is 0.595. The molecule has 2 aliphatic rings. The maximum atomic E-state index is 13.9. The third kappa shape index (κ3) is 7.27. The van der Waals surface area contributed by atoms with Gasteiger partial charge in [-0.1, -0.05) is 65.0 Å². The fourth-order valence-corrected chi connectivity index (χ4v) is 2.97. The highest BCUT2D eigenvalue weighted by Crippen LogP contribution is 2.41. The number of fused-ring (bicyclic) bond motifs is 1. The first-order valence-corrected chi connectivity index (χ1v) is 10.5. The second-order valence-corrected chi connectivity index (χ2v) is 7.83. The molecule has 1 heterocycles. The van der Waals surface area contributed by atoms with Crippen molar-refractivity contribution in [3.63, 3.8) is 0 Å². The minimum Gasteiger partial charge on any atom is -0.458 e. The van der Waals surface area contributed by atoms with Gasteiger partial charge in [0.05, 0.1) is 0 Å². The highest BCUT2D eigenvalue weighted by molar-refractivity contribution is 5.66. The van der Waals surface area contributed by atoms with Crippen LogP contribution in [0, 0.1) is 5.92 Å². The zero-order valence-electron chi connectivity index (χ0n) is 18.7. The van der Waals surface area contributed by atoms with E-state index in [2.05, 4.69) is 50.8 Å². The van der Waals surface area contributed by atoms with Gasteiger partial charge in [0.15, 0.2) is 0 Å². The molecule has 1 unspecified atom stereocenters. The van der Waals surface area contributed by atoms with Crippen molar-refractivity contribution < 1.29 is 9.13 Å². The zero-order valence-corrected chi connectivity index (χ0v) is 18.7. The Labute approximate surface area is 171 Å². The number of halogens is 1. The van der Waals surface area contributed by atoms with Crippen LogP contribution in [0.2, 0.25) is 0 Å². The summed E-state index contributed by atoms with van der Waals surface area (Å²) in [6, 6.07) is 14.7. The van der Waals surface area contributed by atoms with Gasteiger partial charge in [0.25, 0.3) is 0 Å². The molecule has 0 radical (unpaired) electrons. The highest BCUT2D eigenvalue weighted by Gasteiger charge is 2.34. The molecule has 0 spiro atoms. The molecule has 0 bridgehead atoms. The normalized spacial score (nSPS) is 19.1. The lowest BCUT2D eigenvalue weighted by Crippen LogP contribution is -2.22. The summed E-state index contributed by atoms with van der Waals surface area (Å²) in [4.78, 5) is 0. The van der Waals surface area contributed by atoms with Crippen LogP contribution in [0.25, 0.3) is 11.1 Å². The minimum atomic E-state index is -1.56. The second kappa shape index (κ2) is 11.2. The number of alkyl halides is 1. The lowest BCUT2D eigenvalue weighted by molar-refractivity contribution is -0.0234. The van der Waals surface area contributed by atoms with Crippen LogP contribution in [0.1, 0.15) is 71.4 Å². The summed E-state index contributed by atoms with van der Waals surface area (Å²) in [5.41, 5.74) is 9.21. The van der Waals surface area contributed by atoms with Crippen molar-refractivity contribution in [1.29, 1.82) is 0 Å². The average molecular weight is 388 g/mol. The van der Waals surface area contributed by atoms with Gasteiger partial charge in [-0.05, 0) is 60.5 Å². The van der Waals surface area contributed by atoms with E-state index in [1.54, 1.807) is 0 Å². The molecule has 3 heteroatoms. The number of hydrogen-bond donors (Lipinski definition) is 1. The zero-order chi connectivity index (χ0) is 21.3. The molecule has 0 amide bonds. The first kappa shape index (κ1) is 24.2. The van der Waals surface area contributed by atoms with Gasteiger partial charge in [-0.3, -0.25) is 0 Å². The predicted molar refractivity (Wildman–Crippen MR) is 120 cm³/mol. The number of benzene rings is 2. The molecule has 2 aromatic carbocycles. The van der Waals surface area contributed by atoms with Gasteiger partial charge in [0.2, 0.25) is 5.85 Å². The molecule has 1 aliphatic carbocycles. The van der Waals surface area contributed by atoms with Crippen molar-refractivity contribution in [2.24, 2.45) is 11.7 Å². The van der Waals surface area contributed by atoms with E-state index in [0.717, 1.165) is 23.0 Å². The molecule has 0 aromatic heterocycles. The van der Waals surface area contributed by atoms with Crippen LogP contribution in [0.5, 0.6) is 5.75 Å². The molecular formula is C25H38FNO. The van der Waals surface area contributed by atoms with Crippen LogP contribution in [0.15, 0.2) is 42.5 Å². The largest absolute Gasteiger partial charge is 0.458 e. The molecule has 1 atom stereocenters. The highest BCUT2D eigenvalue weighted by atomic mass is 19.2. The molecule has 1 aliphatic heterocycles.